The van der Waals surface area contributed by atoms with Gasteiger partial charge in [0.15, 0.2) is 0 Å². The number of allylic oxidation sites excluding steroid dienone is 4. The topological polar surface area (TPSA) is 50.8 Å². The minimum absolute atomic E-state index is 0.142. The molecular weight excluding hydrogens is 318 g/mol. The second-order valence-corrected chi connectivity index (χ2v) is 7.41. The Morgan fingerprint density at radius 3 is 2.08 bits per heavy atom. The van der Waals surface area contributed by atoms with Gasteiger partial charge in [0.05, 0.1) is 17.7 Å². The first-order valence-electron chi connectivity index (χ1n) is 9.33. The number of benzene rings is 1. The average molecular weight is 350 g/mol. The summed E-state index contributed by atoms with van der Waals surface area (Å²) in [5.74, 6) is 0. The molecule has 3 nitrogen and oxygen atoms in total. The fraction of sp³-hybridized carbons (Fsp3) is 0.478. The molecule has 0 amide bonds. The van der Waals surface area contributed by atoms with Gasteiger partial charge in [-0.3, -0.25) is 0 Å². The smallest absolute Gasteiger partial charge is 0.0998 e. The molecule has 2 rings (SSSR count). The van der Waals surface area contributed by atoms with Gasteiger partial charge in [-0.15, -0.1) is 0 Å². The van der Waals surface area contributed by atoms with E-state index in [9.17, 15) is 10.5 Å². The van der Waals surface area contributed by atoms with Crippen molar-refractivity contribution in [2.75, 3.05) is 18.5 Å². The SMILES string of the molecule is CCC.CCN(C)c1ccc(C2=C(C#N)/C(=C(/C)C#N)CC2(C)C)cc1. The predicted octanol–water partition coefficient (Wildman–Crippen LogP) is 6.11. The van der Waals surface area contributed by atoms with Gasteiger partial charge in [0.25, 0.3) is 0 Å². The maximum absolute atomic E-state index is 9.67. The van der Waals surface area contributed by atoms with Crippen molar-refractivity contribution in [1.82, 2.24) is 0 Å². The van der Waals surface area contributed by atoms with Crippen molar-refractivity contribution in [3.63, 3.8) is 0 Å². The zero-order valence-electron chi connectivity index (χ0n) is 17.3. The molecule has 0 radical (unpaired) electrons. The molecule has 138 valence electrons. The lowest BCUT2D eigenvalue weighted by molar-refractivity contribution is 0.517. The Kier molecular flexibility index (Phi) is 7.66. The van der Waals surface area contributed by atoms with Crippen molar-refractivity contribution in [2.24, 2.45) is 5.41 Å². The van der Waals surface area contributed by atoms with E-state index in [1.165, 1.54) is 6.42 Å². The van der Waals surface area contributed by atoms with Gasteiger partial charge in [0.2, 0.25) is 0 Å². The first-order valence-corrected chi connectivity index (χ1v) is 9.33. The second kappa shape index (κ2) is 9.25. The third-order valence-corrected chi connectivity index (χ3v) is 4.65. The van der Waals surface area contributed by atoms with Gasteiger partial charge < -0.3 is 4.90 Å². The van der Waals surface area contributed by atoms with E-state index < -0.39 is 0 Å². The fourth-order valence-electron chi connectivity index (χ4n) is 3.22. The molecule has 1 aromatic carbocycles. The van der Waals surface area contributed by atoms with Gasteiger partial charge >= 0.3 is 0 Å². The Balaban J connectivity index is 0.00000105. The molecule has 0 bridgehead atoms. The minimum atomic E-state index is -0.142. The lowest BCUT2D eigenvalue weighted by Gasteiger charge is -2.23. The van der Waals surface area contributed by atoms with E-state index in [-0.39, 0.29) is 5.41 Å². The Hall–Kier alpha value is -2.52. The van der Waals surface area contributed by atoms with E-state index in [0.717, 1.165) is 35.4 Å². The van der Waals surface area contributed by atoms with Crippen LogP contribution in [-0.4, -0.2) is 13.6 Å². The van der Waals surface area contributed by atoms with Crippen LogP contribution in [0.5, 0.6) is 0 Å². The molecule has 3 heteroatoms. The summed E-state index contributed by atoms with van der Waals surface area (Å²) in [4.78, 5) is 2.17. The quantitative estimate of drug-likeness (QED) is 0.619. The maximum atomic E-state index is 9.67. The molecule has 1 aliphatic rings. The van der Waals surface area contributed by atoms with Crippen molar-refractivity contribution in [3.05, 3.63) is 46.5 Å². The number of hydrogen-bond acceptors (Lipinski definition) is 3. The van der Waals surface area contributed by atoms with Gasteiger partial charge in [0, 0.05) is 24.9 Å². The van der Waals surface area contributed by atoms with Crippen molar-refractivity contribution in [1.29, 1.82) is 10.5 Å². The number of nitriles is 2. The summed E-state index contributed by atoms with van der Waals surface area (Å²) < 4.78 is 0. The summed E-state index contributed by atoms with van der Waals surface area (Å²) in [6.07, 6.45) is 1.99. The van der Waals surface area contributed by atoms with Crippen LogP contribution in [0, 0.1) is 28.1 Å². The largest absolute Gasteiger partial charge is 0.375 e. The molecule has 0 N–H and O–H groups in total. The average Bonchev–Trinajstić information content (AvgIpc) is 2.91. The molecule has 0 spiro atoms. The molecule has 0 saturated carbocycles. The van der Waals surface area contributed by atoms with Gasteiger partial charge in [-0.2, -0.15) is 10.5 Å². The van der Waals surface area contributed by atoms with Gasteiger partial charge in [-0.05, 0) is 54.5 Å². The highest BCUT2D eigenvalue weighted by Crippen LogP contribution is 2.51. The number of hydrogen-bond donors (Lipinski definition) is 0. The Morgan fingerprint density at radius 2 is 1.65 bits per heavy atom. The van der Waals surface area contributed by atoms with E-state index in [4.69, 9.17) is 0 Å². The van der Waals surface area contributed by atoms with E-state index in [0.29, 0.717) is 11.1 Å². The maximum Gasteiger partial charge on any atom is 0.0998 e. The molecule has 0 atom stereocenters. The molecule has 0 unspecified atom stereocenters. The zero-order valence-corrected chi connectivity index (χ0v) is 17.3. The van der Waals surface area contributed by atoms with Crippen LogP contribution in [0.1, 0.15) is 59.9 Å². The summed E-state index contributed by atoms with van der Waals surface area (Å²) in [5.41, 5.74) is 5.35. The Labute approximate surface area is 159 Å². The number of rotatable bonds is 3. The van der Waals surface area contributed by atoms with Crippen molar-refractivity contribution < 1.29 is 0 Å². The van der Waals surface area contributed by atoms with Crippen molar-refractivity contribution >= 4 is 11.3 Å². The van der Waals surface area contributed by atoms with Crippen LogP contribution in [0.3, 0.4) is 0 Å². The second-order valence-electron chi connectivity index (χ2n) is 7.41. The first kappa shape index (κ1) is 21.5. The molecule has 1 aromatic rings. The van der Waals surface area contributed by atoms with Crippen LogP contribution < -0.4 is 4.90 Å². The lowest BCUT2D eigenvalue weighted by Crippen LogP contribution is -2.15. The molecule has 0 saturated heterocycles. The standard InChI is InChI=1S/C20H23N3.C3H8/c1-6-23(5)16-9-7-15(8-10-16)19-18(13-22)17(14(2)12-21)11-20(19,3)4;1-3-2/h7-10H,6,11H2,1-5H3;3H2,1-2H3/b17-14-;. The highest BCUT2D eigenvalue weighted by atomic mass is 15.1. The summed E-state index contributed by atoms with van der Waals surface area (Å²) in [6.45, 7) is 13.4. The summed E-state index contributed by atoms with van der Waals surface area (Å²) >= 11 is 0. The highest BCUT2D eigenvalue weighted by molar-refractivity contribution is 5.84. The van der Waals surface area contributed by atoms with Gasteiger partial charge in [-0.25, -0.2) is 0 Å². The normalized spacial score (nSPS) is 17.0. The van der Waals surface area contributed by atoms with Gasteiger partial charge in [-0.1, -0.05) is 46.2 Å². The molecule has 0 aromatic heterocycles. The van der Waals surface area contributed by atoms with Crippen molar-refractivity contribution in [3.8, 4) is 12.1 Å². The summed E-state index contributed by atoms with van der Waals surface area (Å²) in [7, 11) is 2.06. The van der Waals surface area contributed by atoms with E-state index in [2.05, 4.69) is 83.0 Å². The van der Waals surface area contributed by atoms with E-state index in [1.807, 2.05) is 0 Å². The van der Waals surface area contributed by atoms with E-state index in [1.54, 1.807) is 6.92 Å². The summed E-state index contributed by atoms with van der Waals surface area (Å²) in [6, 6.07) is 12.9. The number of anilines is 1. The molecule has 0 heterocycles. The fourth-order valence-corrected chi connectivity index (χ4v) is 3.22. The monoisotopic (exact) mass is 349 g/mol. The molecular formula is C23H31N3. The highest BCUT2D eigenvalue weighted by Gasteiger charge is 2.37. The van der Waals surface area contributed by atoms with Crippen molar-refractivity contribution in [2.45, 2.75) is 54.4 Å². The van der Waals surface area contributed by atoms with Crippen LogP contribution in [0.2, 0.25) is 0 Å². The predicted molar refractivity (Wildman–Crippen MR) is 111 cm³/mol. The molecule has 1 aliphatic carbocycles. The van der Waals surface area contributed by atoms with Crippen LogP contribution in [0.4, 0.5) is 5.69 Å². The minimum Gasteiger partial charge on any atom is -0.375 e. The molecule has 26 heavy (non-hydrogen) atoms. The third-order valence-electron chi connectivity index (χ3n) is 4.65. The van der Waals surface area contributed by atoms with Crippen LogP contribution >= 0.6 is 0 Å². The summed E-state index contributed by atoms with van der Waals surface area (Å²) in [5, 5.41) is 18.9. The lowest BCUT2D eigenvalue weighted by atomic mass is 9.81. The van der Waals surface area contributed by atoms with Crippen LogP contribution in [0.15, 0.2) is 41.0 Å². The van der Waals surface area contributed by atoms with Crippen LogP contribution in [-0.2, 0) is 0 Å². The van der Waals surface area contributed by atoms with Crippen LogP contribution in [0.25, 0.3) is 5.57 Å². The first-order chi connectivity index (χ1) is 12.3. The van der Waals surface area contributed by atoms with E-state index >= 15 is 0 Å². The molecule has 0 aliphatic heterocycles. The van der Waals surface area contributed by atoms with Gasteiger partial charge in [0.1, 0.15) is 0 Å². The Bertz CT molecular complexity index is 765. The number of nitrogens with zero attached hydrogens (tertiary/aromatic N) is 3. The Morgan fingerprint density at radius 1 is 1.12 bits per heavy atom. The zero-order chi connectivity index (χ0) is 19.9. The third kappa shape index (κ3) is 4.55. The molecule has 0 fully saturated rings.